The Kier molecular flexibility index (Phi) is 7.71. The van der Waals surface area contributed by atoms with Gasteiger partial charge in [-0.15, -0.1) is 0 Å². The summed E-state index contributed by atoms with van der Waals surface area (Å²) in [7, 11) is 0. The first-order valence-corrected chi connectivity index (χ1v) is 10.1. The van der Waals surface area contributed by atoms with E-state index in [1.54, 1.807) is 43.3 Å². The number of nitrogens with one attached hydrogen (secondary N) is 2. The van der Waals surface area contributed by atoms with Gasteiger partial charge in [-0.2, -0.15) is 0 Å². The number of benzene rings is 3. The molecule has 0 aliphatic rings. The molecule has 164 valence electrons. The Balaban J connectivity index is 1.52. The van der Waals surface area contributed by atoms with Crippen LogP contribution < -0.4 is 20.1 Å². The fraction of sp³-hybridized carbons (Fsp3) is 0.130. The molecule has 32 heavy (non-hydrogen) atoms. The molecule has 0 unspecified atom stereocenters. The highest BCUT2D eigenvalue weighted by Crippen LogP contribution is 2.22. The predicted octanol–water partition coefficient (Wildman–Crippen LogP) is 4.49. The van der Waals surface area contributed by atoms with E-state index < -0.39 is 10.8 Å². The van der Waals surface area contributed by atoms with Gasteiger partial charge in [0, 0.05) is 22.9 Å². The summed E-state index contributed by atoms with van der Waals surface area (Å²) in [5.74, 6) is 0.835. The first-order valence-electron chi connectivity index (χ1n) is 9.70. The second-order valence-corrected chi connectivity index (χ2v) is 7.11. The lowest BCUT2D eigenvalue weighted by atomic mass is 10.2. The summed E-state index contributed by atoms with van der Waals surface area (Å²) in [5, 5.41) is 16.4. The number of ether oxygens (including phenoxy) is 2. The Morgan fingerprint density at radius 3 is 2.38 bits per heavy atom. The summed E-state index contributed by atoms with van der Waals surface area (Å²) in [6.45, 7) is 2.31. The van der Waals surface area contributed by atoms with Crippen LogP contribution in [0.3, 0.4) is 0 Å². The van der Waals surface area contributed by atoms with E-state index in [9.17, 15) is 14.9 Å². The van der Waals surface area contributed by atoms with Crippen LogP contribution in [0.25, 0.3) is 0 Å². The third-order valence-electron chi connectivity index (χ3n) is 4.35. The third-order valence-corrected chi connectivity index (χ3v) is 4.56. The number of nitro benzene ring substituents is 1. The molecule has 2 N–H and O–H groups in total. The topological polar surface area (TPSA) is 103 Å². The van der Waals surface area contributed by atoms with E-state index >= 15 is 0 Å². The summed E-state index contributed by atoms with van der Waals surface area (Å²) in [5.41, 5.74) is 1.25. The van der Waals surface area contributed by atoms with Gasteiger partial charge in [-0.25, -0.2) is 0 Å². The number of aryl methyl sites for hydroxylation is 1. The largest absolute Gasteiger partial charge is 0.490 e. The van der Waals surface area contributed by atoms with Crippen LogP contribution in [0.15, 0.2) is 72.8 Å². The van der Waals surface area contributed by atoms with Gasteiger partial charge in [0.25, 0.3) is 11.6 Å². The molecule has 0 saturated carbocycles. The van der Waals surface area contributed by atoms with Crippen molar-refractivity contribution in [3.8, 4) is 11.5 Å². The number of rotatable bonds is 8. The summed E-state index contributed by atoms with van der Waals surface area (Å²) in [6.07, 6.45) is 0. The number of thiocarbonyl (C=S) groups is 1. The minimum absolute atomic E-state index is 0.0238. The van der Waals surface area contributed by atoms with E-state index in [0.29, 0.717) is 35.8 Å². The minimum atomic E-state index is -0.474. The lowest BCUT2D eigenvalue weighted by molar-refractivity contribution is -0.385. The summed E-state index contributed by atoms with van der Waals surface area (Å²) in [6, 6.07) is 20.7. The van der Waals surface area contributed by atoms with Crippen LogP contribution in [0.2, 0.25) is 0 Å². The normalized spacial score (nSPS) is 10.2. The van der Waals surface area contributed by atoms with Crippen molar-refractivity contribution in [2.45, 2.75) is 6.92 Å². The van der Waals surface area contributed by atoms with Gasteiger partial charge in [0.05, 0.1) is 4.92 Å². The van der Waals surface area contributed by atoms with Crippen LogP contribution >= 0.6 is 12.2 Å². The maximum atomic E-state index is 12.5. The van der Waals surface area contributed by atoms with Crippen molar-refractivity contribution in [3.63, 3.8) is 0 Å². The van der Waals surface area contributed by atoms with Gasteiger partial charge in [-0.05, 0) is 55.5 Å². The molecule has 0 spiro atoms. The molecule has 0 fully saturated rings. The molecule has 0 saturated heterocycles. The average molecular weight is 452 g/mol. The van der Waals surface area contributed by atoms with Gasteiger partial charge in [-0.3, -0.25) is 20.2 Å². The van der Waals surface area contributed by atoms with Crippen LogP contribution in [0, 0.1) is 17.0 Å². The van der Waals surface area contributed by atoms with E-state index in [-0.39, 0.29) is 10.8 Å². The highest BCUT2D eigenvalue weighted by molar-refractivity contribution is 7.80. The summed E-state index contributed by atoms with van der Waals surface area (Å²) < 4.78 is 11.2. The number of hydrogen-bond acceptors (Lipinski definition) is 6. The minimum Gasteiger partial charge on any atom is -0.490 e. The number of nitro groups is 1. The highest BCUT2D eigenvalue weighted by atomic mass is 32.1. The van der Waals surface area contributed by atoms with E-state index in [0.717, 1.165) is 5.75 Å². The number of carbonyl (C=O) groups excluding carboxylic acids is 1. The van der Waals surface area contributed by atoms with Gasteiger partial charge >= 0.3 is 0 Å². The van der Waals surface area contributed by atoms with Crippen molar-refractivity contribution >= 4 is 34.6 Å². The number of nitrogens with zero attached hydrogens (tertiary/aromatic N) is 1. The summed E-state index contributed by atoms with van der Waals surface area (Å²) in [4.78, 5) is 23.1. The van der Waals surface area contributed by atoms with E-state index in [1.807, 2.05) is 30.3 Å². The number of amides is 1. The van der Waals surface area contributed by atoms with E-state index in [1.165, 1.54) is 6.07 Å². The monoisotopic (exact) mass is 451 g/mol. The van der Waals surface area contributed by atoms with Crippen molar-refractivity contribution in [2.75, 3.05) is 18.5 Å². The lowest BCUT2D eigenvalue weighted by Crippen LogP contribution is -2.34. The van der Waals surface area contributed by atoms with Crippen LogP contribution in [-0.4, -0.2) is 29.2 Å². The Hall–Kier alpha value is -3.98. The molecule has 0 radical (unpaired) electrons. The predicted molar refractivity (Wildman–Crippen MR) is 125 cm³/mol. The van der Waals surface area contributed by atoms with Gasteiger partial charge in [-0.1, -0.05) is 30.3 Å². The number of para-hydroxylation sites is 1. The Bertz CT molecular complexity index is 1120. The zero-order chi connectivity index (χ0) is 22.9. The molecule has 8 nitrogen and oxygen atoms in total. The highest BCUT2D eigenvalue weighted by Gasteiger charge is 2.13. The molecule has 0 atom stereocenters. The molecule has 0 aliphatic carbocycles. The zero-order valence-electron chi connectivity index (χ0n) is 17.2. The molecule has 0 aromatic heterocycles. The van der Waals surface area contributed by atoms with Crippen molar-refractivity contribution in [2.24, 2.45) is 0 Å². The molecule has 0 heterocycles. The zero-order valence-corrected chi connectivity index (χ0v) is 18.1. The average Bonchev–Trinajstić information content (AvgIpc) is 2.78. The molecule has 1 amide bonds. The van der Waals surface area contributed by atoms with Crippen molar-refractivity contribution in [1.82, 2.24) is 5.32 Å². The number of anilines is 1. The van der Waals surface area contributed by atoms with Gasteiger partial charge in [0.15, 0.2) is 5.11 Å². The quantitative estimate of drug-likeness (QED) is 0.225. The number of carbonyl (C=O) groups is 1. The smallest absolute Gasteiger partial charge is 0.274 e. The third kappa shape index (κ3) is 6.51. The van der Waals surface area contributed by atoms with Crippen LogP contribution in [-0.2, 0) is 0 Å². The molecular weight excluding hydrogens is 430 g/mol. The SMILES string of the molecule is Cc1ccc(NC(=S)NC(=O)c2cccc(OCCOc3ccccc3)c2)cc1[N+](=O)[O-]. The molecule has 9 heteroatoms. The fourth-order valence-electron chi connectivity index (χ4n) is 2.78. The molecule has 3 rings (SSSR count). The standard InChI is InChI=1S/C23H21N3O5S/c1-16-10-11-18(15-21(16)26(28)29)24-23(32)25-22(27)17-6-5-9-20(14-17)31-13-12-30-19-7-3-2-4-8-19/h2-11,14-15H,12-13H2,1H3,(H2,24,25,27,32). The fourth-order valence-corrected chi connectivity index (χ4v) is 2.99. The van der Waals surface area contributed by atoms with Crippen LogP contribution in [0.1, 0.15) is 15.9 Å². The van der Waals surface area contributed by atoms with Crippen molar-refractivity contribution < 1.29 is 19.2 Å². The van der Waals surface area contributed by atoms with E-state index in [2.05, 4.69) is 10.6 Å². The maximum absolute atomic E-state index is 12.5. The van der Waals surface area contributed by atoms with E-state index in [4.69, 9.17) is 21.7 Å². The Morgan fingerprint density at radius 1 is 0.969 bits per heavy atom. The van der Waals surface area contributed by atoms with Crippen molar-refractivity contribution in [3.05, 3.63) is 94.0 Å². The molecule has 0 bridgehead atoms. The molecule has 3 aromatic carbocycles. The second-order valence-electron chi connectivity index (χ2n) is 6.70. The summed E-state index contributed by atoms with van der Waals surface area (Å²) >= 11 is 5.16. The first kappa shape index (κ1) is 22.7. The van der Waals surface area contributed by atoms with Crippen LogP contribution in [0.5, 0.6) is 11.5 Å². The lowest BCUT2D eigenvalue weighted by Gasteiger charge is -2.11. The van der Waals surface area contributed by atoms with Gasteiger partial charge in [0.2, 0.25) is 0 Å². The molecule has 3 aromatic rings. The molecule has 0 aliphatic heterocycles. The van der Waals surface area contributed by atoms with Gasteiger partial charge < -0.3 is 14.8 Å². The van der Waals surface area contributed by atoms with Gasteiger partial charge in [0.1, 0.15) is 24.7 Å². The number of hydrogen-bond donors (Lipinski definition) is 2. The Labute approximate surface area is 190 Å². The Morgan fingerprint density at radius 2 is 1.66 bits per heavy atom. The first-order chi connectivity index (χ1) is 15.4. The second kappa shape index (κ2) is 10.9. The maximum Gasteiger partial charge on any atom is 0.274 e. The molecular formula is C23H21N3O5S. The van der Waals surface area contributed by atoms with Crippen LogP contribution in [0.4, 0.5) is 11.4 Å². The van der Waals surface area contributed by atoms with Crippen molar-refractivity contribution in [1.29, 1.82) is 0 Å².